The van der Waals surface area contributed by atoms with Crippen LogP contribution in [0, 0.1) is 17.3 Å². The van der Waals surface area contributed by atoms with Crippen molar-refractivity contribution >= 4 is 0 Å². The highest BCUT2D eigenvalue weighted by atomic mass is 16.3. The molecule has 3 heteroatoms. The predicted octanol–water partition coefficient (Wildman–Crippen LogP) is 3.61. The van der Waals surface area contributed by atoms with Crippen LogP contribution in [0.25, 0.3) is 0 Å². The van der Waals surface area contributed by atoms with Gasteiger partial charge in [-0.25, -0.2) is 0 Å². The summed E-state index contributed by atoms with van der Waals surface area (Å²) in [7, 11) is 0. The Bertz CT molecular complexity index is 458. The molecule has 23 heavy (non-hydrogen) atoms. The van der Waals surface area contributed by atoms with Gasteiger partial charge in [-0.05, 0) is 69.3 Å². The van der Waals surface area contributed by atoms with Crippen molar-refractivity contribution in [2.24, 2.45) is 17.3 Å². The molecule has 0 heterocycles. The lowest BCUT2D eigenvalue weighted by Gasteiger charge is -2.44. The highest BCUT2D eigenvalue weighted by molar-refractivity contribution is 5.17. The molecular weight excluding hydrogens is 288 g/mol. The van der Waals surface area contributed by atoms with Crippen LogP contribution in [0.1, 0.15) is 53.4 Å². The molecule has 0 aromatic rings. The van der Waals surface area contributed by atoms with Gasteiger partial charge in [0, 0.05) is 0 Å². The summed E-state index contributed by atoms with van der Waals surface area (Å²) in [4.78, 5) is 0. The molecule has 1 saturated carbocycles. The van der Waals surface area contributed by atoms with E-state index in [-0.39, 0.29) is 12.0 Å². The fourth-order valence-corrected chi connectivity index (χ4v) is 3.59. The minimum atomic E-state index is -1.13. The Kier molecular flexibility index (Phi) is 6.81. The molecule has 0 bridgehead atoms. The van der Waals surface area contributed by atoms with Crippen molar-refractivity contribution in [1.82, 2.24) is 0 Å². The van der Waals surface area contributed by atoms with Gasteiger partial charge in [0.15, 0.2) is 0 Å². The predicted molar refractivity (Wildman–Crippen MR) is 96.0 cm³/mol. The maximum Gasteiger partial charge on any atom is 0.0856 e. The summed E-state index contributed by atoms with van der Waals surface area (Å²) in [5.41, 5.74) is 1.05. The molecule has 0 saturated heterocycles. The fraction of sp³-hybridized carbons (Fsp3) is 0.700. The van der Waals surface area contributed by atoms with Crippen LogP contribution < -0.4 is 0 Å². The SMILES string of the molecule is C=C[C@@]1(C)CC[C@H](/C(=C/C[C@@H](O)C(C)(C)O)CO)C[C@@H]1C(=C)C. The minimum Gasteiger partial charge on any atom is -0.392 e. The lowest BCUT2D eigenvalue weighted by molar-refractivity contribution is -0.0458. The Morgan fingerprint density at radius 1 is 1.43 bits per heavy atom. The number of rotatable bonds is 7. The van der Waals surface area contributed by atoms with E-state index in [9.17, 15) is 15.3 Å². The Labute approximate surface area is 141 Å². The van der Waals surface area contributed by atoms with Crippen LogP contribution in [0.3, 0.4) is 0 Å². The maximum atomic E-state index is 9.99. The van der Waals surface area contributed by atoms with Gasteiger partial charge in [-0.15, -0.1) is 6.58 Å². The maximum absolute atomic E-state index is 9.99. The van der Waals surface area contributed by atoms with Crippen LogP contribution in [0.2, 0.25) is 0 Å². The second kappa shape index (κ2) is 7.78. The first-order valence-electron chi connectivity index (χ1n) is 8.54. The van der Waals surface area contributed by atoms with E-state index in [0.717, 1.165) is 30.4 Å². The quantitative estimate of drug-likeness (QED) is 0.628. The Morgan fingerprint density at radius 3 is 2.48 bits per heavy atom. The molecule has 0 aromatic carbocycles. The normalized spacial score (nSPS) is 30.8. The molecule has 0 spiro atoms. The van der Waals surface area contributed by atoms with Crippen molar-refractivity contribution in [3.05, 3.63) is 36.5 Å². The third-order valence-electron chi connectivity index (χ3n) is 5.53. The second-order valence-electron chi connectivity index (χ2n) is 7.92. The zero-order chi connectivity index (χ0) is 17.8. The van der Waals surface area contributed by atoms with Crippen molar-refractivity contribution in [3.63, 3.8) is 0 Å². The summed E-state index contributed by atoms with van der Waals surface area (Å²) >= 11 is 0. The standard InChI is InChI=1S/C20H34O3/c1-7-20(6)11-10-15(12-17(20)14(2)3)16(13-21)8-9-18(22)19(4,5)23/h7-8,15,17-18,21-23H,1-2,9-13H2,3-6H3/b16-8+/t15-,17+,18+,20-/m0/s1. The summed E-state index contributed by atoms with van der Waals surface area (Å²) < 4.78 is 0. The largest absolute Gasteiger partial charge is 0.392 e. The van der Waals surface area contributed by atoms with E-state index >= 15 is 0 Å². The van der Waals surface area contributed by atoms with Gasteiger partial charge in [-0.2, -0.15) is 0 Å². The van der Waals surface area contributed by atoms with Gasteiger partial charge >= 0.3 is 0 Å². The summed E-state index contributed by atoms with van der Waals surface area (Å²) in [6.45, 7) is 15.6. The molecule has 0 amide bonds. The van der Waals surface area contributed by atoms with E-state index in [1.807, 2.05) is 12.2 Å². The number of aliphatic hydroxyl groups is 3. The lowest BCUT2D eigenvalue weighted by atomic mass is 9.61. The first-order valence-corrected chi connectivity index (χ1v) is 8.54. The summed E-state index contributed by atoms with van der Waals surface area (Å²) in [5.74, 6) is 0.650. The minimum absolute atomic E-state index is 0.00302. The Hall–Kier alpha value is -0.900. The van der Waals surface area contributed by atoms with E-state index in [1.54, 1.807) is 13.8 Å². The van der Waals surface area contributed by atoms with E-state index in [4.69, 9.17) is 0 Å². The number of allylic oxidation sites excluding steroid dienone is 2. The van der Waals surface area contributed by atoms with Crippen molar-refractivity contribution in [2.45, 2.75) is 65.1 Å². The van der Waals surface area contributed by atoms with Crippen molar-refractivity contribution in [3.8, 4) is 0 Å². The Morgan fingerprint density at radius 2 is 2.04 bits per heavy atom. The van der Waals surface area contributed by atoms with Crippen LogP contribution in [0.5, 0.6) is 0 Å². The first-order chi connectivity index (χ1) is 10.5. The van der Waals surface area contributed by atoms with Crippen LogP contribution in [0.15, 0.2) is 36.5 Å². The molecule has 3 nitrogen and oxygen atoms in total. The van der Waals surface area contributed by atoms with Crippen LogP contribution in [-0.2, 0) is 0 Å². The topological polar surface area (TPSA) is 60.7 Å². The van der Waals surface area contributed by atoms with Gasteiger partial charge in [-0.1, -0.05) is 31.2 Å². The highest BCUT2D eigenvalue weighted by Crippen LogP contribution is 2.48. The zero-order valence-electron chi connectivity index (χ0n) is 15.2. The fourth-order valence-electron chi connectivity index (χ4n) is 3.59. The van der Waals surface area contributed by atoms with Crippen LogP contribution in [-0.4, -0.2) is 33.6 Å². The molecule has 1 fully saturated rings. The second-order valence-corrected chi connectivity index (χ2v) is 7.92. The number of hydrogen-bond donors (Lipinski definition) is 3. The van der Waals surface area contributed by atoms with Crippen molar-refractivity contribution in [1.29, 1.82) is 0 Å². The number of aliphatic hydroxyl groups excluding tert-OH is 2. The highest BCUT2D eigenvalue weighted by Gasteiger charge is 2.39. The molecule has 1 aliphatic rings. The van der Waals surface area contributed by atoms with E-state index in [1.165, 1.54) is 0 Å². The van der Waals surface area contributed by atoms with Gasteiger partial charge in [0.2, 0.25) is 0 Å². The Balaban J connectivity index is 2.88. The summed E-state index contributed by atoms with van der Waals surface area (Å²) in [5, 5.41) is 29.6. The first kappa shape index (κ1) is 20.1. The average molecular weight is 322 g/mol. The third-order valence-corrected chi connectivity index (χ3v) is 5.53. The molecule has 0 unspecified atom stereocenters. The van der Waals surface area contributed by atoms with E-state index in [0.29, 0.717) is 18.3 Å². The zero-order valence-corrected chi connectivity index (χ0v) is 15.2. The van der Waals surface area contributed by atoms with Crippen molar-refractivity contribution < 1.29 is 15.3 Å². The van der Waals surface area contributed by atoms with Gasteiger partial charge < -0.3 is 15.3 Å². The average Bonchev–Trinajstić information content (AvgIpc) is 2.47. The molecular formula is C20H34O3. The van der Waals surface area contributed by atoms with Gasteiger partial charge in [0.05, 0.1) is 18.3 Å². The molecule has 1 rings (SSSR count). The van der Waals surface area contributed by atoms with Crippen LogP contribution >= 0.6 is 0 Å². The molecule has 1 aliphatic carbocycles. The molecule has 0 radical (unpaired) electrons. The van der Waals surface area contributed by atoms with Gasteiger partial charge in [-0.3, -0.25) is 0 Å². The monoisotopic (exact) mass is 322 g/mol. The van der Waals surface area contributed by atoms with Gasteiger partial charge in [0.25, 0.3) is 0 Å². The summed E-state index contributed by atoms with van der Waals surface area (Å²) in [6, 6.07) is 0. The third kappa shape index (κ3) is 5.03. The van der Waals surface area contributed by atoms with Gasteiger partial charge in [0.1, 0.15) is 0 Å². The molecule has 0 aromatic heterocycles. The summed E-state index contributed by atoms with van der Waals surface area (Å²) in [6.07, 6.45) is 6.43. The van der Waals surface area contributed by atoms with Crippen molar-refractivity contribution in [2.75, 3.05) is 6.61 Å². The molecule has 0 aliphatic heterocycles. The van der Waals surface area contributed by atoms with E-state index in [2.05, 4.69) is 27.0 Å². The van der Waals surface area contributed by atoms with E-state index < -0.39 is 11.7 Å². The molecule has 3 N–H and O–H groups in total. The molecule has 4 atom stereocenters. The lowest BCUT2D eigenvalue weighted by Crippen LogP contribution is -2.36. The molecule has 132 valence electrons. The number of hydrogen-bond acceptors (Lipinski definition) is 3. The smallest absolute Gasteiger partial charge is 0.0856 e. The van der Waals surface area contributed by atoms with Crippen LogP contribution in [0.4, 0.5) is 0 Å².